The van der Waals surface area contributed by atoms with Gasteiger partial charge >= 0.3 is 0 Å². The molecule has 0 saturated carbocycles. The summed E-state index contributed by atoms with van der Waals surface area (Å²) >= 11 is 3.50. The van der Waals surface area contributed by atoms with Crippen LogP contribution < -0.4 is 0 Å². The number of hydrogen-bond donors (Lipinski definition) is 0. The summed E-state index contributed by atoms with van der Waals surface area (Å²) in [5, 5.41) is 10.1. The van der Waals surface area contributed by atoms with E-state index in [2.05, 4.69) is 82.7 Å². The van der Waals surface area contributed by atoms with Crippen LogP contribution in [0.25, 0.3) is 43.3 Å². The number of fused-ring (bicyclic) bond motifs is 6. The maximum absolute atomic E-state index is 6.13. The molecule has 0 aliphatic heterocycles. The highest BCUT2D eigenvalue weighted by Gasteiger charge is 2.10. The number of halogens is 1. The van der Waals surface area contributed by atoms with Crippen molar-refractivity contribution in [3.63, 3.8) is 0 Å². The van der Waals surface area contributed by atoms with E-state index in [1.54, 1.807) is 0 Å². The molecule has 5 aromatic rings. The van der Waals surface area contributed by atoms with Gasteiger partial charge in [-0.3, -0.25) is 0 Å². The van der Waals surface area contributed by atoms with Crippen molar-refractivity contribution in [3.8, 4) is 0 Å². The van der Waals surface area contributed by atoms with Gasteiger partial charge in [-0.25, -0.2) is 0 Å². The monoisotopic (exact) mass is 416 g/mol. The Morgan fingerprint density at radius 3 is 2.26 bits per heavy atom. The lowest BCUT2D eigenvalue weighted by atomic mass is 9.97. The molecule has 0 bridgehead atoms. The number of hydrogen-bond acceptors (Lipinski definition) is 1. The average molecular weight is 417 g/mol. The Morgan fingerprint density at radius 2 is 1.41 bits per heavy atom. The molecule has 0 spiro atoms. The van der Waals surface area contributed by atoms with Crippen molar-refractivity contribution in [1.82, 2.24) is 0 Å². The maximum atomic E-state index is 6.13. The van der Waals surface area contributed by atoms with Crippen LogP contribution >= 0.6 is 15.9 Å². The van der Waals surface area contributed by atoms with Crippen LogP contribution in [-0.4, -0.2) is 5.33 Å². The highest BCUT2D eigenvalue weighted by atomic mass is 79.9. The molecule has 0 unspecified atom stereocenters. The van der Waals surface area contributed by atoms with Crippen LogP contribution in [0.5, 0.6) is 0 Å². The van der Waals surface area contributed by atoms with Crippen LogP contribution in [0.1, 0.15) is 25.0 Å². The third-order valence-corrected chi connectivity index (χ3v) is 6.05. The molecule has 0 saturated heterocycles. The molecule has 0 N–H and O–H groups in total. The summed E-state index contributed by atoms with van der Waals surface area (Å²) in [4.78, 5) is 0. The van der Waals surface area contributed by atoms with E-state index < -0.39 is 0 Å². The SMILES string of the molecule is BrCCCCCc1cc2c(ccc3c4cc5ccccc5cc4ccc23)o1. The molecule has 1 aromatic heterocycles. The van der Waals surface area contributed by atoms with Crippen molar-refractivity contribution in [3.05, 3.63) is 72.5 Å². The first-order chi connectivity index (χ1) is 13.3. The Labute approximate surface area is 167 Å². The molecular formula is C25H21BrO. The first-order valence-electron chi connectivity index (χ1n) is 9.66. The van der Waals surface area contributed by atoms with Crippen LogP contribution in [0.15, 0.2) is 71.1 Å². The summed E-state index contributed by atoms with van der Waals surface area (Å²) in [6, 6.07) is 24.3. The number of unbranched alkanes of at least 4 members (excludes halogenated alkanes) is 2. The van der Waals surface area contributed by atoms with Crippen LogP contribution in [0.4, 0.5) is 0 Å². The number of aryl methyl sites for hydroxylation is 1. The fourth-order valence-corrected chi connectivity index (χ4v) is 4.49. The summed E-state index contributed by atoms with van der Waals surface area (Å²) < 4.78 is 6.13. The molecule has 27 heavy (non-hydrogen) atoms. The highest BCUT2D eigenvalue weighted by Crippen LogP contribution is 2.35. The van der Waals surface area contributed by atoms with Gasteiger partial charge in [0.25, 0.3) is 0 Å². The van der Waals surface area contributed by atoms with Crippen molar-refractivity contribution >= 4 is 59.2 Å². The van der Waals surface area contributed by atoms with Gasteiger partial charge in [0, 0.05) is 17.1 Å². The maximum Gasteiger partial charge on any atom is 0.134 e. The zero-order chi connectivity index (χ0) is 18.2. The fourth-order valence-electron chi connectivity index (χ4n) is 4.10. The van der Waals surface area contributed by atoms with Gasteiger partial charge in [0.05, 0.1) is 0 Å². The van der Waals surface area contributed by atoms with Gasteiger partial charge in [-0.1, -0.05) is 64.8 Å². The first-order valence-corrected chi connectivity index (χ1v) is 10.8. The third-order valence-electron chi connectivity index (χ3n) is 5.49. The molecule has 0 fully saturated rings. The van der Waals surface area contributed by atoms with E-state index in [4.69, 9.17) is 4.42 Å². The van der Waals surface area contributed by atoms with E-state index in [9.17, 15) is 0 Å². The molecule has 2 heteroatoms. The molecule has 0 aliphatic rings. The van der Waals surface area contributed by atoms with Gasteiger partial charge in [-0.05, 0) is 69.4 Å². The van der Waals surface area contributed by atoms with E-state index in [1.165, 1.54) is 57.0 Å². The molecule has 1 nitrogen and oxygen atoms in total. The van der Waals surface area contributed by atoms with Crippen LogP contribution in [0.3, 0.4) is 0 Å². The number of rotatable bonds is 5. The second-order valence-corrected chi connectivity index (χ2v) is 8.06. The zero-order valence-electron chi connectivity index (χ0n) is 15.2. The van der Waals surface area contributed by atoms with Gasteiger partial charge in [-0.15, -0.1) is 0 Å². The fraction of sp³-hybridized carbons (Fsp3) is 0.200. The summed E-state index contributed by atoms with van der Waals surface area (Å²) in [5.74, 6) is 1.10. The van der Waals surface area contributed by atoms with E-state index in [0.29, 0.717) is 0 Å². The Bertz CT molecular complexity index is 1270. The molecule has 0 radical (unpaired) electrons. The number of furan rings is 1. The lowest BCUT2D eigenvalue weighted by molar-refractivity contribution is 0.532. The molecule has 4 aromatic carbocycles. The molecule has 1 heterocycles. The number of benzene rings is 4. The van der Waals surface area contributed by atoms with Gasteiger partial charge in [0.2, 0.25) is 0 Å². The summed E-state index contributed by atoms with van der Waals surface area (Å²) in [6.07, 6.45) is 4.66. The van der Waals surface area contributed by atoms with Crippen LogP contribution in [0.2, 0.25) is 0 Å². The van der Waals surface area contributed by atoms with Gasteiger partial charge in [0.1, 0.15) is 11.3 Å². The van der Waals surface area contributed by atoms with Gasteiger partial charge in [0.15, 0.2) is 0 Å². The predicted octanol–water partition coefficient (Wildman–Crippen LogP) is 8.00. The van der Waals surface area contributed by atoms with Gasteiger partial charge < -0.3 is 4.42 Å². The Balaban J connectivity index is 1.65. The minimum absolute atomic E-state index is 0.998. The minimum Gasteiger partial charge on any atom is -0.461 e. The quantitative estimate of drug-likeness (QED) is 0.122. The standard InChI is InChI=1S/C25H21BrO/c26-13-5-1-2-8-20-16-24-22-10-9-19-14-17-6-3-4-7-18(17)15-23(19)21(22)11-12-25(24)27-20/h3-4,6-7,9-12,14-16H,1-2,5,8,13H2. The second kappa shape index (κ2) is 7.01. The lowest BCUT2D eigenvalue weighted by Gasteiger charge is -2.07. The Hall–Kier alpha value is -2.32. The highest BCUT2D eigenvalue weighted by molar-refractivity contribution is 9.09. The van der Waals surface area contributed by atoms with Gasteiger partial charge in [-0.2, -0.15) is 0 Å². The minimum atomic E-state index is 0.998. The second-order valence-electron chi connectivity index (χ2n) is 7.27. The van der Waals surface area contributed by atoms with E-state index in [0.717, 1.165) is 23.1 Å². The molecule has 0 aliphatic carbocycles. The molecule has 134 valence electrons. The van der Waals surface area contributed by atoms with E-state index >= 15 is 0 Å². The lowest BCUT2D eigenvalue weighted by Crippen LogP contribution is -1.83. The van der Waals surface area contributed by atoms with Crippen molar-refractivity contribution in [1.29, 1.82) is 0 Å². The molecule has 5 rings (SSSR count). The van der Waals surface area contributed by atoms with Crippen molar-refractivity contribution in [2.24, 2.45) is 0 Å². The first kappa shape index (κ1) is 16.8. The van der Waals surface area contributed by atoms with Crippen molar-refractivity contribution in [2.45, 2.75) is 25.7 Å². The Kier molecular flexibility index (Phi) is 4.37. The molecule has 0 amide bonds. The summed E-state index contributed by atoms with van der Waals surface area (Å²) in [6.45, 7) is 0. The molecular weight excluding hydrogens is 396 g/mol. The Morgan fingerprint density at radius 1 is 0.630 bits per heavy atom. The van der Waals surface area contributed by atoms with Crippen molar-refractivity contribution < 1.29 is 4.42 Å². The average Bonchev–Trinajstić information content (AvgIpc) is 3.13. The third kappa shape index (κ3) is 3.02. The summed E-state index contributed by atoms with van der Waals surface area (Å²) in [7, 11) is 0. The smallest absolute Gasteiger partial charge is 0.134 e. The topological polar surface area (TPSA) is 13.1 Å². The zero-order valence-corrected chi connectivity index (χ0v) is 16.8. The van der Waals surface area contributed by atoms with Crippen LogP contribution in [-0.2, 0) is 6.42 Å². The predicted molar refractivity (Wildman–Crippen MR) is 120 cm³/mol. The van der Waals surface area contributed by atoms with E-state index in [-0.39, 0.29) is 0 Å². The van der Waals surface area contributed by atoms with Crippen molar-refractivity contribution in [2.75, 3.05) is 5.33 Å². The summed E-state index contributed by atoms with van der Waals surface area (Å²) in [5.41, 5.74) is 0.998. The van der Waals surface area contributed by atoms with E-state index in [1.807, 2.05) is 0 Å². The largest absolute Gasteiger partial charge is 0.461 e. The molecule has 0 atom stereocenters. The normalized spacial score (nSPS) is 11.9. The van der Waals surface area contributed by atoms with Crippen LogP contribution in [0, 0.1) is 0 Å². The number of alkyl halides is 1.